The van der Waals surface area contributed by atoms with E-state index in [4.69, 9.17) is 4.74 Å². The topological polar surface area (TPSA) is 25.4 Å². The fraction of sp³-hybridized carbons (Fsp3) is 0.227. The van der Waals surface area contributed by atoms with Gasteiger partial charge in [0.15, 0.2) is 6.23 Å². The van der Waals surface area contributed by atoms with E-state index in [1.54, 1.807) is 0 Å². The standard InChI is InChI=1S/C22H22N2O/c1-24(22-13-12-18-8-2-3-11-21(18)25-22)16-17-7-6-9-19(15-17)20-10-4-5-14-23-20/h2-11,14-15,22H,12-13,16H2,1H3. The van der Waals surface area contributed by atoms with Crippen LogP contribution in [0.4, 0.5) is 0 Å². The molecule has 1 unspecified atom stereocenters. The lowest BCUT2D eigenvalue weighted by Gasteiger charge is -2.33. The predicted molar refractivity (Wildman–Crippen MR) is 100 cm³/mol. The maximum atomic E-state index is 6.19. The van der Waals surface area contributed by atoms with E-state index in [9.17, 15) is 0 Å². The van der Waals surface area contributed by atoms with Crippen LogP contribution in [0.2, 0.25) is 0 Å². The summed E-state index contributed by atoms with van der Waals surface area (Å²) in [5.74, 6) is 1.02. The molecule has 25 heavy (non-hydrogen) atoms. The smallest absolute Gasteiger partial charge is 0.153 e. The second kappa shape index (κ2) is 7.08. The zero-order valence-corrected chi connectivity index (χ0v) is 14.4. The number of hydrogen-bond donors (Lipinski definition) is 0. The third-order valence-corrected chi connectivity index (χ3v) is 4.71. The number of aromatic nitrogens is 1. The van der Waals surface area contributed by atoms with Gasteiger partial charge in [-0.3, -0.25) is 9.88 Å². The van der Waals surface area contributed by atoms with Crippen LogP contribution in [0.1, 0.15) is 17.5 Å². The molecule has 0 radical (unpaired) electrons. The summed E-state index contributed by atoms with van der Waals surface area (Å²) in [5, 5.41) is 0. The molecular formula is C22H22N2O. The van der Waals surface area contributed by atoms with E-state index in [0.29, 0.717) is 0 Å². The second-order valence-electron chi connectivity index (χ2n) is 6.55. The number of para-hydroxylation sites is 1. The first kappa shape index (κ1) is 15.9. The Balaban J connectivity index is 1.47. The Morgan fingerprint density at radius 1 is 1.04 bits per heavy atom. The lowest BCUT2D eigenvalue weighted by atomic mass is 10.0. The molecule has 1 aliphatic rings. The Morgan fingerprint density at radius 3 is 2.80 bits per heavy atom. The summed E-state index contributed by atoms with van der Waals surface area (Å²) in [6.07, 6.45) is 4.04. The fourth-order valence-electron chi connectivity index (χ4n) is 3.37. The van der Waals surface area contributed by atoms with E-state index in [1.807, 2.05) is 30.5 Å². The van der Waals surface area contributed by atoms with E-state index >= 15 is 0 Å². The van der Waals surface area contributed by atoms with Gasteiger partial charge >= 0.3 is 0 Å². The molecule has 2 heterocycles. The summed E-state index contributed by atoms with van der Waals surface area (Å²) in [4.78, 5) is 6.73. The van der Waals surface area contributed by atoms with E-state index in [1.165, 1.54) is 11.1 Å². The first-order valence-corrected chi connectivity index (χ1v) is 8.75. The van der Waals surface area contributed by atoms with Gasteiger partial charge in [-0.15, -0.1) is 0 Å². The first-order valence-electron chi connectivity index (χ1n) is 8.75. The number of benzene rings is 2. The molecule has 1 aromatic heterocycles. The molecule has 1 aliphatic heterocycles. The highest BCUT2D eigenvalue weighted by Crippen LogP contribution is 2.28. The molecule has 0 saturated carbocycles. The average Bonchev–Trinajstić information content (AvgIpc) is 2.68. The Bertz CT molecular complexity index is 847. The van der Waals surface area contributed by atoms with Gasteiger partial charge in [0.05, 0.1) is 5.69 Å². The van der Waals surface area contributed by atoms with Crippen molar-refractivity contribution in [3.05, 3.63) is 84.1 Å². The molecule has 0 N–H and O–H groups in total. The minimum Gasteiger partial charge on any atom is -0.475 e. The molecule has 0 aliphatic carbocycles. The third-order valence-electron chi connectivity index (χ3n) is 4.71. The molecule has 2 aromatic carbocycles. The zero-order chi connectivity index (χ0) is 17.1. The zero-order valence-electron chi connectivity index (χ0n) is 14.4. The van der Waals surface area contributed by atoms with Gasteiger partial charge in [0.2, 0.25) is 0 Å². The van der Waals surface area contributed by atoms with Gasteiger partial charge in [-0.2, -0.15) is 0 Å². The SMILES string of the molecule is CN(Cc1cccc(-c2ccccn2)c1)C1CCc2ccccc2O1. The summed E-state index contributed by atoms with van der Waals surface area (Å²) in [7, 11) is 2.13. The molecule has 0 amide bonds. The van der Waals surface area contributed by atoms with Gasteiger partial charge in [0.1, 0.15) is 5.75 Å². The fourth-order valence-corrected chi connectivity index (χ4v) is 3.37. The van der Waals surface area contributed by atoms with E-state index in [0.717, 1.165) is 36.4 Å². The quantitative estimate of drug-likeness (QED) is 0.703. The van der Waals surface area contributed by atoms with E-state index in [2.05, 4.69) is 59.4 Å². The molecular weight excluding hydrogens is 308 g/mol. The van der Waals surface area contributed by atoms with Crippen LogP contribution >= 0.6 is 0 Å². The lowest BCUT2D eigenvalue weighted by Crippen LogP contribution is -2.38. The molecule has 4 rings (SSSR count). The van der Waals surface area contributed by atoms with Crippen LogP contribution in [-0.2, 0) is 13.0 Å². The number of hydrogen-bond acceptors (Lipinski definition) is 3. The number of nitrogens with zero attached hydrogens (tertiary/aromatic N) is 2. The third kappa shape index (κ3) is 3.57. The Kier molecular flexibility index (Phi) is 4.49. The van der Waals surface area contributed by atoms with E-state index < -0.39 is 0 Å². The first-order chi connectivity index (χ1) is 12.3. The molecule has 3 heteroatoms. The van der Waals surface area contributed by atoms with Gasteiger partial charge in [0.25, 0.3) is 0 Å². The van der Waals surface area contributed by atoms with Crippen LogP contribution < -0.4 is 4.74 Å². The van der Waals surface area contributed by atoms with Crippen molar-refractivity contribution in [2.75, 3.05) is 7.05 Å². The highest BCUT2D eigenvalue weighted by atomic mass is 16.5. The largest absolute Gasteiger partial charge is 0.475 e. The summed E-state index contributed by atoms with van der Waals surface area (Å²) in [6, 6.07) is 22.9. The van der Waals surface area contributed by atoms with Crippen molar-refractivity contribution in [2.45, 2.75) is 25.6 Å². The molecule has 0 fully saturated rings. The van der Waals surface area contributed by atoms with Crippen LogP contribution in [0.15, 0.2) is 72.9 Å². The number of aryl methyl sites for hydroxylation is 1. The van der Waals surface area contributed by atoms with Crippen molar-refractivity contribution < 1.29 is 4.74 Å². The number of pyridine rings is 1. The maximum Gasteiger partial charge on any atom is 0.153 e. The van der Waals surface area contributed by atoms with Gasteiger partial charge in [-0.25, -0.2) is 0 Å². The predicted octanol–water partition coefficient (Wildman–Crippen LogP) is 4.53. The van der Waals surface area contributed by atoms with E-state index in [-0.39, 0.29) is 6.23 Å². The summed E-state index contributed by atoms with van der Waals surface area (Å²) in [5.41, 5.74) is 4.74. The second-order valence-corrected chi connectivity index (χ2v) is 6.55. The Labute approximate surface area is 148 Å². The van der Waals surface area contributed by atoms with Crippen LogP contribution in [0.5, 0.6) is 5.75 Å². The summed E-state index contributed by atoms with van der Waals surface area (Å²) >= 11 is 0. The van der Waals surface area contributed by atoms with Crippen molar-refractivity contribution in [1.82, 2.24) is 9.88 Å². The minimum absolute atomic E-state index is 0.119. The van der Waals surface area contributed by atoms with Crippen molar-refractivity contribution in [3.63, 3.8) is 0 Å². The van der Waals surface area contributed by atoms with Crippen molar-refractivity contribution in [1.29, 1.82) is 0 Å². The normalized spacial score (nSPS) is 16.3. The number of rotatable bonds is 4. The molecule has 126 valence electrons. The van der Waals surface area contributed by atoms with Crippen LogP contribution in [0, 0.1) is 0 Å². The van der Waals surface area contributed by atoms with Crippen molar-refractivity contribution in [2.24, 2.45) is 0 Å². The molecule has 3 nitrogen and oxygen atoms in total. The average molecular weight is 330 g/mol. The highest BCUT2D eigenvalue weighted by Gasteiger charge is 2.23. The molecule has 0 saturated heterocycles. The maximum absolute atomic E-state index is 6.19. The van der Waals surface area contributed by atoms with Crippen LogP contribution in [0.3, 0.4) is 0 Å². The number of fused-ring (bicyclic) bond motifs is 1. The van der Waals surface area contributed by atoms with Gasteiger partial charge in [-0.05, 0) is 48.9 Å². The lowest BCUT2D eigenvalue weighted by molar-refractivity contribution is 0.0226. The van der Waals surface area contributed by atoms with Gasteiger partial charge < -0.3 is 4.74 Å². The molecule has 1 atom stereocenters. The molecule has 3 aromatic rings. The van der Waals surface area contributed by atoms with Crippen LogP contribution in [-0.4, -0.2) is 23.2 Å². The van der Waals surface area contributed by atoms with Crippen molar-refractivity contribution >= 4 is 0 Å². The summed E-state index contributed by atoms with van der Waals surface area (Å²) in [6.45, 7) is 0.855. The molecule has 0 spiro atoms. The van der Waals surface area contributed by atoms with Gasteiger partial charge in [-0.1, -0.05) is 42.5 Å². The van der Waals surface area contributed by atoms with Crippen LogP contribution in [0.25, 0.3) is 11.3 Å². The highest BCUT2D eigenvalue weighted by molar-refractivity contribution is 5.59. The Hall–Kier alpha value is -2.65. The summed E-state index contributed by atoms with van der Waals surface area (Å²) < 4.78 is 6.19. The molecule has 0 bridgehead atoms. The monoisotopic (exact) mass is 330 g/mol. The van der Waals surface area contributed by atoms with Gasteiger partial charge in [0, 0.05) is 24.7 Å². The van der Waals surface area contributed by atoms with Crippen molar-refractivity contribution in [3.8, 4) is 17.0 Å². The minimum atomic E-state index is 0.119. The number of ether oxygens (including phenoxy) is 1. The Morgan fingerprint density at radius 2 is 1.92 bits per heavy atom.